The van der Waals surface area contributed by atoms with Crippen LogP contribution < -0.4 is 5.32 Å². The van der Waals surface area contributed by atoms with E-state index in [1.54, 1.807) is 36.4 Å². The number of thioether (sulfide) groups is 1. The number of nitrogens with one attached hydrogen (secondary N) is 1. The lowest BCUT2D eigenvalue weighted by molar-refractivity contribution is -0.116. The number of Topliss-reactive ketones (excluding diaryl/α,β-unsaturated/α-hetero) is 2. The number of ketones is 2. The number of carbonyl (C=O) groups is 3. The van der Waals surface area contributed by atoms with E-state index < -0.39 is 11.8 Å². The van der Waals surface area contributed by atoms with Crippen LogP contribution in [0.2, 0.25) is 0 Å². The molecule has 0 saturated heterocycles. The normalized spacial score (nSPS) is 20.2. The van der Waals surface area contributed by atoms with E-state index in [2.05, 4.69) is 16.4 Å². The number of nitrogens with zero attached hydrogens (tertiary/aromatic N) is 2. The molecule has 1 aromatic carbocycles. The molecule has 7 nitrogen and oxygen atoms in total. The van der Waals surface area contributed by atoms with Crippen molar-refractivity contribution in [2.75, 3.05) is 11.1 Å². The van der Waals surface area contributed by atoms with Crippen LogP contribution in [0.4, 0.5) is 5.69 Å². The third kappa shape index (κ3) is 4.43. The Balaban J connectivity index is 1.52. The highest BCUT2D eigenvalue weighted by Gasteiger charge is 2.42. The van der Waals surface area contributed by atoms with Gasteiger partial charge >= 0.3 is 0 Å². The molecule has 0 radical (unpaired) electrons. The van der Waals surface area contributed by atoms with Gasteiger partial charge in [-0.3, -0.25) is 14.4 Å². The van der Waals surface area contributed by atoms with E-state index in [-0.39, 0.29) is 23.2 Å². The van der Waals surface area contributed by atoms with Crippen molar-refractivity contribution in [3.8, 4) is 6.07 Å². The van der Waals surface area contributed by atoms with Crippen LogP contribution in [-0.4, -0.2) is 28.3 Å². The molecule has 0 bridgehead atoms. The van der Waals surface area contributed by atoms with Gasteiger partial charge in [-0.05, 0) is 56.2 Å². The third-order valence-electron chi connectivity index (χ3n) is 5.50. The summed E-state index contributed by atoms with van der Waals surface area (Å²) < 4.78 is 5.58. The highest BCUT2D eigenvalue weighted by atomic mass is 32.2. The first kappa shape index (κ1) is 21.8. The molecule has 4 rings (SSSR count). The number of hydrogen-bond donors (Lipinski definition) is 1. The number of rotatable bonds is 5. The summed E-state index contributed by atoms with van der Waals surface area (Å²) in [7, 11) is 0. The molecule has 32 heavy (non-hydrogen) atoms. The maximum absolute atomic E-state index is 12.7. The van der Waals surface area contributed by atoms with Gasteiger partial charge in [0.2, 0.25) is 5.91 Å². The van der Waals surface area contributed by atoms with E-state index in [9.17, 15) is 19.6 Å². The van der Waals surface area contributed by atoms with Crippen molar-refractivity contribution in [3.05, 3.63) is 65.3 Å². The van der Waals surface area contributed by atoms with E-state index in [1.807, 2.05) is 0 Å². The summed E-state index contributed by atoms with van der Waals surface area (Å²) in [6.45, 7) is 1.48. The minimum atomic E-state index is -0.699. The van der Waals surface area contributed by atoms with Crippen LogP contribution in [-0.2, 0) is 9.59 Å². The molecule has 1 amide bonds. The predicted octanol–water partition coefficient (Wildman–Crippen LogP) is 4.50. The standard InChI is InChI=1S/C24H21N3O4S/c1-14(28)15-7-9-16(10-8-15)26-21(30)13-32-24-17(12-25)22(20-6-3-11-31-20)23-18(27-24)4-2-5-19(23)29/h3,6-11,17,22H,2,4-5,13H2,1H3,(H,26,30)/t17?,22-/m0/s1. The average Bonchev–Trinajstić information content (AvgIpc) is 3.32. The van der Waals surface area contributed by atoms with Gasteiger partial charge in [-0.2, -0.15) is 5.26 Å². The molecule has 162 valence electrons. The second-order valence-corrected chi connectivity index (χ2v) is 8.65. The van der Waals surface area contributed by atoms with E-state index in [1.165, 1.54) is 24.9 Å². The number of carbonyl (C=O) groups excluding carboxylic acids is 3. The lowest BCUT2D eigenvalue weighted by atomic mass is 9.76. The Hall–Kier alpha value is -3.44. The van der Waals surface area contributed by atoms with E-state index in [0.717, 1.165) is 6.42 Å². The number of aliphatic imine (C=N–C) groups is 1. The van der Waals surface area contributed by atoms with E-state index in [4.69, 9.17) is 4.42 Å². The SMILES string of the molecule is CC(=O)c1ccc(NC(=O)CSC2=NC3=C(C(=O)CCC3)[C@H](c3ccco3)C2C#N)cc1. The molecule has 2 aliphatic rings. The van der Waals surface area contributed by atoms with Crippen LogP contribution in [0.25, 0.3) is 0 Å². The molecule has 1 unspecified atom stereocenters. The topological polar surface area (TPSA) is 113 Å². The number of anilines is 1. The summed E-state index contributed by atoms with van der Waals surface area (Å²) in [5.74, 6) is -0.881. The summed E-state index contributed by atoms with van der Waals surface area (Å²) in [6, 6.07) is 12.4. The van der Waals surface area contributed by atoms with Gasteiger partial charge in [0.25, 0.3) is 0 Å². The minimum absolute atomic E-state index is 0.00690. The van der Waals surface area contributed by atoms with Crippen molar-refractivity contribution in [1.29, 1.82) is 5.26 Å². The van der Waals surface area contributed by atoms with Crippen molar-refractivity contribution in [1.82, 2.24) is 0 Å². The molecule has 1 aliphatic carbocycles. The Labute approximate surface area is 189 Å². The zero-order valence-corrected chi connectivity index (χ0v) is 18.3. The van der Waals surface area contributed by atoms with Gasteiger partial charge in [0, 0.05) is 28.9 Å². The van der Waals surface area contributed by atoms with Crippen LogP contribution >= 0.6 is 11.8 Å². The molecule has 8 heteroatoms. The summed E-state index contributed by atoms with van der Waals surface area (Å²) in [6.07, 6.45) is 3.35. The van der Waals surface area contributed by atoms with Gasteiger partial charge in [0.05, 0.1) is 29.0 Å². The number of amides is 1. The first-order valence-corrected chi connectivity index (χ1v) is 11.3. The smallest absolute Gasteiger partial charge is 0.234 e. The van der Waals surface area contributed by atoms with Gasteiger partial charge in [0.1, 0.15) is 11.7 Å². The lowest BCUT2D eigenvalue weighted by Gasteiger charge is -2.31. The van der Waals surface area contributed by atoms with Crippen molar-refractivity contribution >= 4 is 40.0 Å². The van der Waals surface area contributed by atoms with Crippen LogP contribution in [0.1, 0.15) is 48.2 Å². The summed E-state index contributed by atoms with van der Waals surface area (Å²) in [4.78, 5) is 41.2. The first-order valence-electron chi connectivity index (χ1n) is 10.3. The molecular weight excluding hydrogens is 426 g/mol. The molecule has 1 N–H and O–H groups in total. The highest BCUT2D eigenvalue weighted by Crippen LogP contribution is 2.44. The fourth-order valence-electron chi connectivity index (χ4n) is 3.98. The Bertz CT molecular complexity index is 1160. The fraction of sp³-hybridized carbons (Fsp3) is 0.292. The number of allylic oxidation sites excluding steroid dienone is 2. The molecule has 1 aliphatic heterocycles. The summed E-state index contributed by atoms with van der Waals surface area (Å²) in [5, 5.41) is 13.2. The monoisotopic (exact) mass is 447 g/mol. The van der Waals surface area contributed by atoms with Crippen molar-refractivity contribution < 1.29 is 18.8 Å². The zero-order valence-electron chi connectivity index (χ0n) is 17.5. The summed E-state index contributed by atoms with van der Waals surface area (Å²) in [5.41, 5.74) is 2.41. The predicted molar refractivity (Wildman–Crippen MR) is 121 cm³/mol. The average molecular weight is 448 g/mol. The highest BCUT2D eigenvalue weighted by molar-refractivity contribution is 8.14. The lowest BCUT2D eigenvalue weighted by Crippen LogP contribution is -2.31. The van der Waals surface area contributed by atoms with Gasteiger partial charge in [-0.25, -0.2) is 4.99 Å². The van der Waals surface area contributed by atoms with Gasteiger partial charge in [-0.1, -0.05) is 11.8 Å². The molecule has 0 saturated carbocycles. The van der Waals surface area contributed by atoms with Gasteiger partial charge < -0.3 is 9.73 Å². The molecule has 2 aromatic rings. The second-order valence-electron chi connectivity index (χ2n) is 7.66. The largest absolute Gasteiger partial charge is 0.469 e. The number of nitriles is 1. The Kier molecular flexibility index (Phi) is 6.37. The number of furan rings is 1. The van der Waals surface area contributed by atoms with Crippen LogP contribution in [0.3, 0.4) is 0 Å². The van der Waals surface area contributed by atoms with E-state index in [0.29, 0.717) is 46.2 Å². The maximum Gasteiger partial charge on any atom is 0.234 e. The zero-order chi connectivity index (χ0) is 22.7. The van der Waals surface area contributed by atoms with Crippen molar-refractivity contribution in [2.45, 2.75) is 32.1 Å². The number of hydrogen-bond acceptors (Lipinski definition) is 7. The molecule has 2 atom stereocenters. The van der Waals surface area contributed by atoms with Gasteiger partial charge in [-0.15, -0.1) is 0 Å². The third-order valence-corrected chi connectivity index (χ3v) is 6.55. The number of benzene rings is 1. The molecule has 2 heterocycles. The molecule has 0 fully saturated rings. The Morgan fingerprint density at radius 1 is 1.25 bits per heavy atom. The van der Waals surface area contributed by atoms with E-state index >= 15 is 0 Å². The fourth-order valence-corrected chi connectivity index (χ4v) is 4.87. The van der Waals surface area contributed by atoms with Crippen LogP contribution in [0, 0.1) is 17.2 Å². The van der Waals surface area contributed by atoms with Crippen molar-refractivity contribution in [3.63, 3.8) is 0 Å². The first-order chi connectivity index (χ1) is 15.5. The Morgan fingerprint density at radius 2 is 2.03 bits per heavy atom. The Morgan fingerprint density at radius 3 is 2.69 bits per heavy atom. The van der Waals surface area contributed by atoms with Crippen LogP contribution in [0.15, 0.2) is 63.3 Å². The minimum Gasteiger partial charge on any atom is -0.469 e. The second kappa shape index (κ2) is 9.37. The van der Waals surface area contributed by atoms with Crippen molar-refractivity contribution in [2.24, 2.45) is 10.9 Å². The maximum atomic E-state index is 12.7. The van der Waals surface area contributed by atoms with Gasteiger partial charge in [0.15, 0.2) is 11.6 Å². The quantitative estimate of drug-likeness (QED) is 0.676. The summed E-state index contributed by atoms with van der Waals surface area (Å²) >= 11 is 1.20. The van der Waals surface area contributed by atoms with Crippen LogP contribution in [0.5, 0.6) is 0 Å². The molecule has 0 spiro atoms. The molecule has 1 aromatic heterocycles. The molecular formula is C24H21N3O4S.